The maximum absolute atomic E-state index is 10.7. The zero-order valence-corrected chi connectivity index (χ0v) is 37.5. The largest absolute Gasteiger partial charge is 0.389 e. The Kier molecular flexibility index (Phi) is 14.0. The van der Waals surface area contributed by atoms with Crippen LogP contribution in [-0.4, -0.2) is 88.7 Å². The van der Waals surface area contributed by atoms with Crippen molar-refractivity contribution in [1.82, 2.24) is 39.4 Å². The van der Waals surface area contributed by atoms with Gasteiger partial charge >= 0.3 is 0 Å². The maximum Gasteiger partial charge on any atom is 0.159 e. The topological polar surface area (TPSA) is 116 Å². The predicted molar refractivity (Wildman–Crippen MR) is 248 cm³/mol. The molecule has 0 bridgehead atoms. The van der Waals surface area contributed by atoms with Crippen LogP contribution in [0.1, 0.15) is 120 Å². The highest BCUT2D eigenvalue weighted by Crippen LogP contribution is 2.27. The smallest absolute Gasteiger partial charge is 0.159 e. The molecule has 61 heavy (non-hydrogen) atoms. The van der Waals surface area contributed by atoms with Crippen LogP contribution in [0.5, 0.6) is 0 Å². The Hall–Kier alpha value is -5.00. The fourth-order valence-corrected chi connectivity index (χ4v) is 8.81. The summed E-state index contributed by atoms with van der Waals surface area (Å²) in [6, 6.07) is 21.5. The molecule has 2 aliphatic heterocycles. The molecule has 4 aromatic heterocycles. The molecular formula is C51H66N8O2. The number of aromatic nitrogens is 6. The molecule has 2 fully saturated rings. The number of piperidine rings is 2. The quantitative estimate of drug-likeness (QED) is 0.113. The lowest BCUT2D eigenvalue weighted by Gasteiger charge is -2.35. The Bertz CT molecular complexity index is 2460. The van der Waals surface area contributed by atoms with Crippen LogP contribution >= 0.6 is 0 Å². The van der Waals surface area contributed by atoms with Gasteiger partial charge < -0.3 is 20.4 Å². The van der Waals surface area contributed by atoms with E-state index in [2.05, 4.69) is 130 Å². The molecule has 2 aliphatic rings. The summed E-state index contributed by atoms with van der Waals surface area (Å²) in [7, 11) is 2.12. The summed E-state index contributed by atoms with van der Waals surface area (Å²) >= 11 is 0. The Labute approximate surface area is 362 Å². The number of aryl methyl sites for hydroxylation is 6. The van der Waals surface area contributed by atoms with Crippen molar-refractivity contribution in [1.29, 1.82) is 0 Å². The summed E-state index contributed by atoms with van der Waals surface area (Å²) in [6.45, 7) is 16.3. The third-order valence-electron chi connectivity index (χ3n) is 12.6. The lowest BCUT2D eigenvalue weighted by atomic mass is 9.88. The lowest BCUT2D eigenvalue weighted by molar-refractivity contribution is -0.0127. The van der Waals surface area contributed by atoms with E-state index < -0.39 is 11.2 Å². The van der Waals surface area contributed by atoms with E-state index in [-0.39, 0.29) is 0 Å². The maximum atomic E-state index is 10.7. The summed E-state index contributed by atoms with van der Waals surface area (Å²) in [5.74, 6) is 0. The number of benzene rings is 2. The highest BCUT2D eigenvalue weighted by atomic mass is 16.3. The number of rotatable bonds is 12. The first kappa shape index (κ1) is 44.1. The molecule has 0 spiro atoms. The van der Waals surface area contributed by atoms with Gasteiger partial charge in [0.15, 0.2) is 11.3 Å². The molecule has 322 valence electrons. The van der Waals surface area contributed by atoms with Crippen molar-refractivity contribution in [2.75, 3.05) is 33.2 Å². The second-order valence-electron chi connectivity index (χ2n) is 17.7. The van der Waals surface area contributed by atoms with Crippen molar-refractivity contribution in [2.45, 2.75) is 117 Å². The van der Waals surface area contributed by atoms with E-state index in [4.69, 9.17) is 20.2 Å². The molecule has 0 atom stereocenters. The number of fused-ring (bicyclic) bond motifs is 2. The third-order valence-corrected chi connectivity index (χ3v) is 12.6. The minimum absolute atomic E-state index is 0.549. The van der Waals surface area contributed by atoms with Gasteiger partial charge in [0.25, 0.3) is 0 Å². The standard InChI is InChI=1S/C26H34N4O.C25H32N4O/c1-5-24-23(25-27-19(2)17-20(3)30(25)28-24)18-22-10-8-21(9-11-22)7-6-12-26(31)13-15-29(4)16-14-26;1-4-23-22(24-27-18(2)16-19(3)29(24)28-23)17-21-9-7-20(8-10-21)6-5-11-25(30)12-14-26-15-13-25/h6-11,17,31H,5,12-16,18H2,1-4H3;5-10,16,26,30H,4,11-15,17H2,1-3H3/b7-6+;6-5+. The van der Waals surface area contributed by atoms with Gasteiger partial charge in [0.1, 0.15) is 0 Å². The van der Waals surface area contributed by atoms with Crippen molar-refractivity contribution in [2.24, 2.45) is 0 Å². The second kappa shape index (κ2) is 19.4. The first-order valence-electron chi connectivity index (χ1n) is 22.4. The molecular weight excluding hydrogens is 757 g/mol. The predicted octanol–water partition coefficient (Wildman–Crippen LogP) is 8.38. The van der Waals surface area contributed by atoms with Crippen LogP contribution in [0.3, 0.4) is 0 Å². The van der Waals surface area contributed by atoms with Crippen molar-refractivity contribution < 1.29 is 10.2 Å². The van der Waals surface area contributed by atoms with Gasteiger partial charge in [-0.2, -0.15) is 10.2 Å². The molecule has 3 N–H and O–H groups in total. The van der Waals surface area contributed by atoms with Gasteiger partial charge in [-0.3, -0.25) is 0 Å². The van der Waals surface area contributed by atoms with Crippen molar-refractivity contribution in [3.8, 4) is 0 Å². The number of likely N-dealkylation sites (tertiary alicyclic amines) is 1. The Morgan fingerprint density at radius 2 is 1.03 bits per heavy atom. The summed E-state index contributed by atoms with van der Waals surface area (Å²) in [4.78, 5) is 11.8. The van der Waals surface area contributed by atoms with Crippen molar-refractivity contribution in [3.05, 3.63) is 140 Å². The highest BCUT2D eigenvalue weighted by Gasteiger charge is 2.30. The zero-order valence-electron chi connectivity index (χ0n) is 37.5. The van der Waals surface area contributed by atoms with Crippen LogP contribution < -0.4 is 5.32 Å². The molecule has 0 saturated carbocycles. The van der Waals surface area contributed by atoms with E-state index in [1.165, 1.54) is 27.8 Å². The minimum atomic E-state index is -0.551. The summed E-state index contributed by atoms with van der Waals surface area (Å²) in [5, 5.41) is 34.2. The van der Waals surface area contributed by atoms with Gasteiger partial charge in [-0.05, 0) is 134 Å². The van der Waals surface area contributed by atoms with E-state index in [1.54, 1.807) is 0 Å². The number of aliphatic hydroxyl groups is 2. The fourth-order valence-electron chi connectivity index (χ4n) is 8.81. The molecule has 6 aromatic rings. The zero-order chi connectivity index (χ0) is 43.1. The first-order valence-corrected chi connectivity index (χ1v) is 22.4. The average Bonchev–Trinajstić information content (AvgIpc) is 3.78. The van der Waals surface area contributed by atoms with E-state index in [0.717, 1.165) is 135 Å². The van der Waals surface area contributed by atoms with Gasteiger partial charge in [-0.15, -0.1) is 0 Å². The van der Waals surface area contributed by atoms with E-state index in [1.807, 2.05) is 22.9 Å². The molecule has 0 amide bonds. The van der Waals surface area contributed by atoms with Gasteiger partial charge in [0, 0.05) is 59.8 Å². The first-order chi connectivity index (χ1) is 29.3. The molecule has 10 nitrogen and oxygen atoms in total. The van der Waals surface area contributed by atoms with Crippen LogP contribution in [0.4, 0.5) is 0 Å². The molecule has 2 saturated heterocycles. The molecule has 0 aliphatic carbocycles. The number of hydrogen-bond acceptors (Lipinski definition) is 8. The summed E-state index contributed by atoms with van der Waals surface area (Å²) < 4.78 is 3.95. The SMILES string of the molecule is CCc1nn2c(C)cc(C)nc2c1Cc1ccc(/C=C/CC2(O)CCN(C)CC2)cc1.CCc1nn2c(C)cc(C)nc2c1Cc1ccc(/C=C/CC2(O)CCNCC2)cc1. The van der Waals surface area contributed by atoms with Crippen LogP contribution in [0.15, 0.2) is 72.8 Å². The normalized spacial score (nSPS) is 16.8. The number of nitrogens with zero attached hydrogens (tertiary/aromatic N) is 7. The molecule has 8 rings (SSSR count). The monoisotopic (exact) mass is 823 g/mol. The van der Waals surface area contributed by atoms with Gasteiger partial charge in [0.05, 0.1) is 22.6 Å². The molecule has 0 radical (unpaired) electrons. The van der Waals surface area contributed by atoms with E-state index >= 15 is 0 Å². The highest BCUT2D eigenvalue weighted by molar-refractivity contribution is 5.56. The minimum Gasteiger partial charge on any atom is -0.389 e. The Morgan fingerprint density at radius 3 is 1.44 bits per heavy atom. The molecule has 0 unspecified atom stereocenters. The van der Waals surface area contributed by atoms with Crippen LogP contribution in [0, 0.1) is 27.7 Å². The lowest BCUT2D eigenvalue weighted by Crippen LogP contribution is -2.42. The van der Waals surface area contributed by atoms with Gasteiger partial charge in [0.2, 0.25) is 0 Å². The van der Waals surface area contributed by atoms with Gasteiger partial charge in [-0.25, -0.2) is 19.0 Å². The second-order valence-corrected chi connectivity index (χ2v) is 17.7. The van der Waals surface area contributed by atoms with Crippen molar-refractivity contribution in [3.63, 3.8) is 0 Å². The van der Waals surface area contributed by atoms with Crippen LogP contribution in [0.25, 0.3) is 23.4 Å². The van der Waals surface area contributed by atoms with E-state index in [9.17, 15) is 10.2 Å². The number of hydrogen-bond donors (Lipinski definition) is 3. The number of nitrogens with one attached hydrogen (secondary N) is 1. The summed E-state index contributed by atoms with van der Waals surface area (Å²) in [6.07, 6.45) is 16.7. The van der Waals surface area contributed by atoms with Crippen LogP contribution in [-0.2, 0) is 25.7 Å². The van der Waals surface area contributed by atoms with Crippen molar-refractivity contribution >= 4 is 23.4 Å². The Morgan fingerprint density at radius 1 is 0.623 bits per heavy atom. The van der Waals surface area contributed by atoms with E-state index in [0.29, 0.717) is 6.42 Å². The fraction of sp³-hybridized carbons (Fsp3) is 0.451. The molecule has 2 aromatic carbocycles. The average molecular weight is 823 g/mol. The molecule has 6 heterocycles. The molecule has 10 heteroatoms. The van der Waals surface area contributed by atoms with Crippen LogP contribution in [0.2, 0.25) is 0 Å². The van der Waals surface area contributed by atoms with Gasteiger partial charge in [-0.1, -0.05) is 86.7 Å². The third kappa shape index (κ3) is 10.9. The summed E-state index contributed by atoms with van der Waals surface area (Å²) in [5.41, 5.74) is 14.7. The Balaban J connectivity index is 0.000000184.